The Labute approximate surface area is 384 Å². The Hall–Kier alpha value is -0.530. The lowest BCUT2D eigenvalue weighted by atomic mass is 9.49. The molecule has 0 saturated heterocycles. The molecular weight excluding hydrogens is 753 g/mol. The van der Waals surface area contributed by atoms with Crippen molar-refractivity contribution in [3.05, 3.63) is 0 Å². The van der Waals surface area contributed by atoms with Crippen LogP contribution < -0.4 is 0 Å². The van der Waals surface area contributed by atoms with Crippen molar-refractivity contribution in [1.29, 1.82) is 0 Å². The zero-order valence-corrected chi connectivity index (χ0v) is 41.4. The molecule has 0 bridgehead atoms. The molecule has 9 saturated carbocycles. The van der Waals surface area contributed by atoms with E-state index < -0.39 is 11.4 Å². The molecular formula is C60H102O2. The summed E-state index contributed by atoms with van der Waals surface area (Å²) in [4.78, 5) is 13.8. The fourth-order valence-corrected chi connectivity index (χ4v) is 19.7. The highest BCUT2D eigenvalue weighted by Crippen LogP contribution is 2.61. The van der Waals surface area contributed by atoms with Crippen molar-refractivity contribution in [1.82, 2.24) is 0 Å². The number of rotatable bonds is 11. The van der Waals surface area contributed by atoms with E-state index in [0.717, 1.165) is 102 Å². The first kappa shape index (κ1) is 46.6. The molecule has 0 aromatic heterocycles. The molecule has 1 N–H and O–H groups in total. The highest BCUT2D eigenvalue weighted by molar-refractivity contribution is 5.75. The third-order valence-corrected chi connectivity index (χ3v) is 23.3. The summed E-state index contributed by atoms with van der Waals surface area (Å²) in [6, 6.07) is 0. The predicted molar refractivity (Wildman–Crippen MR) is 261 cm³/mol. The van der Waals surface area contributed by atoms with Gasteiger partial charge >= 0.3 is 5.97 Å². The molecule has 0 spiro atoms. The van der Waals surface area contributed by atoms with Gasteiger partial charge in [-0.3, -0.25) is 4.79 Å². The zero-order chi connectivity index (χ0) is 42.6. The lowest BCUT2D eigenvalue weighted by Gasteiger charge is -2.56. The van der Waals surface area contributed by atoms with E-state index in [2.05, 4.69) is 20.8 Å². The minimum Gasteiger partial charge on any atom is -0.481 e. The summed E-state index contributed by atoms with van der Waals surface area (Å²) in [5.41, 5.74) is -0.496. The van der Waals surface area contributed by atoms with Crippen LogP contribution in [0.15, 0.2) is 0 Å². The molecule has 9 rings (SSSR count). The summed E-state index contributed by atoms with van der Waals surface area (Å²) in [6.45, 7) is 7.44. The molecule has 9 aliphatic rings. The van der Waals surface area contributed by atoms with Crippen LogP contribution in [0.1, 0.15) is 258 Å². The Bertz CT molecular complexity index is 1350. The first-order valence-electron chi connectivity index (χ1n) is 29.5. The van der Waals surface area contributed by atoms with E-state index >= 15 is 0 Å². The fourth-order valence-electron chi connectivity index (χ4n) is 19.7. The topological polar surface area (TPSA) is 37.3 Å². The van der Waals surface area contributed by atoms with Crippen LogP contribution in [0.3, 0.4) is 0 Å². The Morgan fingerprint density at radius 3 is 1.48 bits per heavy atom. The SMILES string of the molecule is CC1CCCC(CC2CCC(C)C(CC3(C(=O)O)CCC(C4CC(C5CCCCC5)C(C5CCC(C6CCCCC6)CC5)C(C5CCC(C6CCCCC6)CC5)C4)CC3C)C2)C1. The lowest BCUT2D eigenvalue weighted by Crippen LogP contribution is -2.49. The minimum atomic E-state index is -0.496. The van der Waals surface area contributed by atoms with Gasteiger partial charge in [0.1, 0.15) is 0 Å². The summed E-state index contributed by atoms with van der Waals surface area (Å²) >= 11 is 0. The monoisotopic (exact) mass is 855 g/mol. The third-order valence-electron chi connectivity index (χ3n) is 23.3. The number of hydrogen-bond acceptors (Lipinski definition) is 1. The Balaban J connectivity index is 0.916. The van der Waals surface area contributed by atoms with Crippen molar-refractivity contribution < 1.29 is 9.90 Å². The quantitative estimate of drug-likeness (QED) is 0.225. The smallest absolute Gasteiger partial charge is 0.309 e. The average molecular weight is 855 g/mol. The second kappa shape index (κ2) is 21.6. The van der Waals surface area contributed by atoms with Crippen LogP contribution in [0.2, 0.25) is 0 Å². The Kier molecular flexibility index (Phi) is 16.2. The van der Waals surface area contributed by atoms with E-state index in [0.29, 0.717) is 17.8 Å². The van der Waals surface area contributed by atoms with E-state index in [1.807, 2.05) is 0 Å². The lowest BCUT2D eigenvalue weighted by molar-refractivity contribution is -0.160. The van der Waals surface area contributed by atoms with E-state index in [1.54, 1.807) is 64.2 Å². The Morgan fingerprint density at radius 2 is 0.935 bits per heavy atom. The van der Waals surface area contributed by atoms with Gasteiger partial charge in [-0.15, -0.1) is 0 Å². The summed E-state index contributed by atoms with van der Waals surface area (Å²) in [6.07, 6.45) is 53.8. The minimum absolute atomic E-state index is 0.316. The molecule has 9 fully saturated rings. The second-order valence-corrected chi connectivity index (χ2v) is 26.6. The van der Waals surface area contributed by atoms with E-state index in [-0.39, 0.29) is 0 Å². The van der Waals surface area contributed by atoms with Gasteiger partial charge in [-0.05, 0) is 216 Å². The highest BCUT2D eigenvalue weighted by atomic mass is 16.4. The maximum atomic E-state index is 13.8. The second-order valence-electron chi connectivity index (χ2n) is 26.6. The van der Waals surface area contributed by atoms with Crippen molar-refractivity contribution in [2.45, 2.75) is 258 Å². The molecule has 62 heavy (non-hydrogen) atoms. The van der Waals surface area contributed by atoms with Gasteiger partial charge in [-0.1, -0.05) is 149 Å². The summed E-state index contributed by atoms with van der Waals surface area (Å²) in [5, 5.41) is 11.3. The van der Waals surface area contributed by atoms with Gasteiger partial charge in [0.15, 0.2) is 0 Å². The van der Waals surface area contributed by atoms with Crippen molar-refractivity contribution in [3.63, 3.8) is 0 Å². The molecule has 0 amide bonds. The van der Waals surface area contributed by atoms with Crippen molar-refractivity contribution >= 4 is 5.97 Å². The number of carbonyl (C=O) groups is 1. The van der Waals surface area contributed by atoms with Crippen molar-refractivity contribution in [2.24, 2.45) is 112 Å². The van der Waals surface area contributed by atoms with Crippen molar-refractivity contribution in [3.8, 4) is 0 Å². The molecule has 12 atom stereocenters. The molecule has 12 unspecified atom stereocenters. The molecule has 354 valence electrons. The average Bonchev–Trinajstić information content (AvgIpc) is 3.31. The number of hydrogen-bond donors (Lipinski definition) is 1. The van der Waals surface area contributed by atoms with Gasteiger partial charge in [0, 0.05) is 0 Å². The third kappa shape index (κ3) is 10.8. The van der Waals surface area contributed by atoms with Crippen LogP contribution in [0.25, 0.3) is 0 Å². The largest absolute Gasteiger partial charge is 0.481 e. The van der Waals surface area contributed by atoms with Crippen LogP contribution in [0.4, 0.5) is 0 Å². The standard InChI is InChI=1S/C60H102O2/c1-41-14-13-15-44(34-41)36-45-23-22-42(2)55(37-45)40-60(59(61)62)33-32-53(35-43(60)3)54-38-56(50-20-11-6-12-21-50)58(52-30-26-49(27-31-52)47-18-9-5-10-19-47)57(39-54)51-28-24-48(25-29-51)46-16-7-4-8-17-46/h41-58H,4-40H2,1-3H3,(H,61,62). The normalized spacial score (nSPS) is 46.3. The first-order chi connectivity index (χ1) is 30.2. The number of aliphatic carboxylic acids is 1. The van der Waals surface area contributed by atoms with E-state index in [1.165, 1.54) is 161 Å². The highest BCUT2D eigenvalue weighted by Gasteiger charge is 2.54. The van der Waals surface area contributed by atoms with Gasteiger partial charge in [0.25, 0.3) is 0 Å². The van der Waals surface area contributed by atoms with Gasteiger partial charge in [-0.25, -0.2) is 0 Å². The van der Waals surface area contributed by atoms with Crippen LogP contribution in [0, 0.1) is 112 Å². The van der Waals surface area contributed by atoms with E-state index in [9.17, 15) is 9.90 Å². The van der Waals surface area contributed by atoms with Crippen LogP contribution >= 0.6 is 0 Å². The van der Waals surface area contributed by atoms with Gasteiger partial charge in [0.2, 0.25) is 0 Å². The summed E-state index contributed by atoms with van der Waals surface area (Å²) in [5.74, 6) is 15.5. The maximum Gasteiger partial charge on any atom is 0.309 e. The zero-order valence-electron chi connectivity index (χ0n) is 41.4. The number of carboxylic acids is 1. The molecule has 2 nitrogen and oxygen atoms in total. The number of carboxylic acid groups (broad SMARTS) is 1. The van der Waals surface area contributed by atoms with Crippen LogP contribution in [0.5, 0.6) is 0 Å². The fraction of sp³-hybridized carbons (Fsp3) is 0.983. The molecule has 0 radical (unpaired) electrons. The molecule has 0 aliphatic heterocycles. The van der Waals surface area contributed by atoms with Crippen LogP contribution in [-0.4, -0.2) is 11.1 Å². The Morgan fingerprint density at radius 1 is 0.435 bits per heavy atom. The molecule has 0 aromatic rings. The predicted octanol–water partition coefficient (Wildman–Crippen LogP) is 17.8. The molecule has 0 aromatic carbocycles. The maximum absolute atomic E-state index is 13.8. The summed E-state index contributed by atoms with van der Waals surface area (Å²) in [7, 11) is 0. The van der Waals surface area contributed by atoms with Crippen LogP contribution in [-0.2, 0) is 4.79 Å². The first-order valence-corrected chi connectivity index (χ1v) is 29.5. The summed E-state index contributed by atoms with van der Waals surface area (Å²) < 4.78 is 0. The van der Waals surface area contributed by atoms with Crippen molar-refractivity contribution in [2.75, 3.05) is 0 Å². The van der Waals surface area contributed by atoms with Gasteiger partial charge in [-0.2, -0.15) is 0 Å². The molecule has 2 heteroatoms. The molecule has 9 aliphatic carbocycles. The molecule has 0 heterocycles. The van der Waals surface area contributed by atoms with E-state index in [4.69, 9.17) is 0 Å². The van der Waals surface area contributed by atoms with Gasteiger partial charge < -0.3 is 5.11 Å². The van der Waals surface area contributed by atoms with Gasteiger partial charge in [0.05, 0.1) is 5.41 Å².